The normalized spacial score (nSPS) is 15.0. The molecule has 1 saturated heterocycles. The van der Waals surface area contributed by atoms with Gasteiger partial charge in [0.15, 0.2) is 5.11 Å². The molecule has 0 spiro atoms. The summed E-state index contributed by atoms with van der Waals surface area (Å²) in [6.45, 7) is 9.44. The van der Waals surface area contributed by atoms with Gasteiger partial charge in [0.1, 0.15) is 0 Å². The number of aryl methyl sites for hydroxylation is 2. The Morgan fingerprint density at radius 3 is 2.19 bits per heavy atom. The topological polar surface area (TPSA) is 18.5 Å². The van der Waals surface area contributed by atoms with Crippen molar-refractivity contribution in [1.82, 2.24) is 9.80 Å². The van der Waals surface area contributed by atoms with Gasteiger partial charge in [-0.3, -0.25) is 4.90 Å². The minimum absolute atomic E-state index is 0.839. The minimum atomic E-state index is 0.839. The molecule has 0 aliphatic carbocycles. The lowest BCUT2D eigenvalue weighted by Gasteiger charge is -2.36. The first kappa shape index (κ1) is 19.8. The molecule has 0 unspecified atom stereocenters. The van der Waals surface area contributed by atoms with Crippen LogP contribution < -0.4 is 5.32 Å². The number of hydrogen-bond donors (Lipinski definition) is 1. The molecule has 1 heterocycles. The van der Waals surface area contributed by atoms with Crippen molar-refractivity contribution in [2.24, 2.45) is 0 Å². The Hall–Kier alpha value is -1.91. The van der Waals surface area contributed by atoms with Crippen molar-refractivity contribution in [3.63, 3.8) is 0 Å². The molecule has 144 valence electrons. The molecule has 0 aromatic heterocycles. The minimum Gasteiger partial charge on any atom is -0.346 e. The van der Waals surface area contributed by atoms with Crippen molar-refractivity contribution >= 4 is 23.0 Å². The fourth-order valence-corrected chi connectivity index (χ4v) is 3.70. The number of rotatable bonds is 6. The number of unbranched alkanes of at least 4 members (excludes halogenated alkanes) is 1. The maximum absolute atomic E-state index is 5.64. The molecule has 1 aliphatic heterocycles. The third kappa shape index (κ3) is 6.05. The molecule has 3 nitrogen and oxygen atoms in total. The van der Waals surface area contributed by atoms with Gasteiger partial charge in [0.2, 0.25) is 0 Å². The van der Waals surface area contributed by atoms with Gasteiger partial charge >= 0.3 is 0 Å². The van der Waals surface area contributed by atoms with Crippen LogP contribution >= 0.6 is 12.2 Å². The van der Waals surface area contributed by atoms with Crippen LogP contribution in [0.5, 0.6) is 0 Å². The van der Waals surface area contributed by atoms with Gasteiger partial charge in [-0.2, -0.15) is 0 Å². The Balaban J connectivity index is 1.44. The largest absolute Gasteiger partial charge is 0.346 e. The third-order valence-corrected chi connectivity index (χ3v) is 5.57. The van der Waals surface area contributed by atoms with E-state index >= 15 is 0 Å². The Labute approximate surface area is 169 Å². The van der Waals surface area contributed by atoms with Crippen LogP contribution in [-0.2, 0) is 13.0 Å². The monoisotopic (exact) mass is 381 g/mol. The van der Waals surface area contributed by atoms with E-state index in [4.69, 9.17) is 12.2 Å². The lowest BCUT2D eigenvalue weighted by Crippen LogP contribution is -2.49. The van der Waals surface area contributed by atoms with Crippen LogP contribution in [0, 0.1) is 6.92 Å². The van der Waals surface area contributed by atoms with Crippen LogP contribution in [-0.4, -0.2) is 41.1 Å². The molecule has 1 fully saturated rings. The van der Waals surface area contributed by atoms with Crippen molar-refractivity contribution in [2.45, 2.75) is 39.7 Å². The average molecular weight is 382 g/mol. The number of benzene rings is 2. The van der Waals surface area contributed by atoms with Gasteiger partial charge in [0, 0.05) is 38.4 Å². The number of piperazine rings is 1. The van der Waals surface area contributed by atoms with Gasteiger partial charge in [-0.1, -0.05) is 55.3 Å². The van der Waals surface area contributed by atoms with E-state index in [-0.39, 0.29) is 0 Å². The van der Waals surface area contributed by atoms with Gasteiger partial charge in [0.05, 0.1) is 0 Å². The van der Waals surface area contributed by atoms with Crippen molar-refractivity contribution in [3.8, 4) is 0 Å². The number of hydrogen-bond acceptors (Lipinski definition) is 2. The molecule has 2 aromatic rings. The van der Waals surface area contributed by atoms with Crippen molar-refractivity contribution in [2.75, 3.05) is 31.5 Å². The van der Waals surface area contributed by atoms with E-state index in [2.05, 4.69) is 77.5 Å². The molecule has 4 heteroatoms. The van der Waals surface area contributed by atoms with E-state index < -0.39 is 0 Å². The van der Waals surface area contributed by atoms with Gasteiger partial charge in [0.25, 0.3) is 0 Å². The van der Waals surface area contributed by atoms with Gasteiger partial charge < -0.3 is 10.2 Å². The molecule has 1 aliphatic rings. The highest BCUT2D eigenvalue weighted by Gasteiger charge is 2.19. The SMILES string of the molecule is CCCCc1ccc(NC(=S)N2CCN(Cc3ccc(C)cc3)CC2)cc1. The van der Waals surface area contributed by atoms with Gasteiger partial charge in [-0.15, -0.1) is 0 Å². The van der Waals surface area contributed by atoms with Crippen molar-refractivity contribution in [3.05, 3.63) is 65.2 Å². The highest BCUT2D eigenvalue weighted by Crippen LogP contribution is 2.14. The maximum Gasteiger partial charge on any atom is 0.173 e. The van der Waals surface area contributed by atoms with Crippen LogP contribution in [0.2, 0.25) is 0 Å². The lowest BCUT2D eigenvalue weighted by atomic mass is 10.1. The molecule has 2 aromatic carbocycles. The zero-order valence-electron chi connectivity index (χ0n) is 16.6. The first-order chi connectivity index (χ1) is 13.1. The van der Waals surface area contributed by atoms with Crippen LogP contribution in [0.3, 0.4) is 0 Å². The molecule has 1 N–H and O–H groups in total. The molecule has 0 atom stereocenters. The van der Waals surface area contributed by atoms with Gasteiger partial charge in [-0.05, 0) is 55.2 Å². The van der Waals surface area contributed by atoms with Gasteiger partial charge in [-0.25, -0.2) is 0 Å². The summed E-state index contributed by atoms with van der Waals surface area (Å²) in [7, 11) is 0. The molecule has 27 heavy (non-hydrogen) atoms. The molecular formula is C23H31N3S. The standard InChI is InChI=1S/C23H31N3S/c1-3-4-5-20-10-12-22(13-11-20)24-23(27)26-16-14-25(15-17-26)18-21-8-6-19(2)7-9-21/h6-13H,3-5,14-18H2,1-2H3,(H,24,27). The highest BCUT2D eigenvalue weighted by atomic mass is 32.1. The summed E-state index contributed by atoms with van der Waals surface area (Å²) in [5.41, 5.74) is 5.19. The zero-order chi connectivity index (χ0) is 19.1. The number of nitrogens with one attached hydrogen (secondary N) is 1. The Bertz CT molecular complexity index is 716. The Morgan fingerprint density at radius 2 is 1.56 bits per heavy atom. The molecule has 3 rings (SSSR count). The first-order valence-corrected chi connectivity index (χ1v) is 10.5. The zero-order valence-corrected chi connectivity index (χ0v) is 17.4. The Kier molecular flexibility index (Phi) is 7.25. The lowest BCUT2D eigenvalue weighted by molar-refractivity contribution is 0.177. The summed E-state index contributed by atoms with van der Waals surface area (Å²) in [6, 6.07) is 17.6. The second kappa shape index (κ2) is 9.86. The number of nitrogens with zero attached hydrogens (tertiary/aromatic N) is 2. The molecular weight excluding hydrogens is 350 g/mol. The van der Waals surface area contributed by atoms with E-state index in [1.165, 1.54) is 29.5 Å². The quantitative estimate of drug-likeness (QED) is 0.721. The van der Waals surface area contributed by atoms with E-state index in [9.17, 15) is 0 Å². The van der Waals surface area contributed by atoms with E-state index in [1.54, 1.807) is 0 Å². The summed E-state index contributed by atoms with van der Waals surface area (Å²) < 4.78 is 0. The molecule has 0 saturated carbocycles. The Morgan fingerprint density at radius 1 is 0.926 bits per heavy atom. The molecule has 0 radical (unpaired) electrons. The summed E-state index contributed by atoms with van der Waals surface area (Å²) in [6.07, 6.45) is 3.64. The van der Waals surface area contributed by atoms with Crippen molar-refractivity contribution < 1.29 is 0 Å². The van der Waals surface area contributed by atoms with E-state index in [0.717, 1.165) is 49.9 Å². The predicted octanol–water partition coefficient (Wildman–Crippen LogP) is 4.85. The maximum atomic E-state index is 5.64. The summed E-state index contributed by atoms with van der Waals surface area (Å²) in [5, 5.41) is 4.24. The fraction of sp³-hybridized carbons (Fsp3) is 0.435. The van der Waals surface area contributed by atoms with Crippen molar-refractivity contribution in [1.29, 1.82) is 0 Å². The number of thiocarbonyl (C=S) groups is 1. The molecule has 0 amide bonds. The smallest absolute Gasteiger partial charge is 0.173 e. The predicted molar refractivity (Wildman–Crippen MR) is 119 cm³/mol. The fourth-order valence-electron chi connectivity index (χ4n) is 3.40. The number of anilines is 1. The highest BCUT2D eigenvalue weighted by molar-refractivity contribution is 7.80. The molecule has 0 bridgehead atoms. The van der Waals surface area contributed by atoms with Crippen LogP contribution in [0.25, 0.3) is 0 Å². The van der Waals surface area contributed by atoms with Crippen LogP contribution in [0.1, 0.15) is 36.5 Å². The second-order valence-corrected chi connectivity index (χ2v) is 7.87. The second-order valence-electron chi connectivity index (χ2n) is 7.48. The van der Waals surface area contributed by atoms with E-state index in [1.807, 2.05) is 0 Å². The third-order valence-electron chi connectivity index (χ3n) is 5.21. The van der Waals surface area contributed by atoms with E-state index in [0.29, 0.717) is 0 Å². The summed E-state index contributed by atoms with van der Waals surface area (Å²) in [4.78, 5) is 4.79. The first-order valence-electron chi connectivity index (χ1n) is 10.1. The average Bonchev–Trinajstić information content (AvgIpc) is 2.70. The van der Waals surface area contributed by atoms with Crippen LogP contribution in [0.4, 0.5) is 5.69 Å². The summed E-state index contributed by atoms with van der Waals surface area (Å²) in [5.74, 6) is 0. The summed E-state index contributed by atoms with van der Waals surface area (Å²) >= 11 is 5.64. The van der Waals surface area contributed by atoms with Crippen LogP contribution in [0.15, 0.2) is 48.5 Å².